The highest BCUT2D eigenvalue weighted by Crippen LogP contribution is 2.18. The number of benzene rings is 1. The zero-order valence-corrected chi connectivity index (χ0v) is 17.5. The summed E-state index contributed by atoms with van der Waals surface area (Å²) in [6.07, 6.45) is -4.35. The summed E-state index contributed by atoms with van der Waals surface area (Å²) < 4.78 is 42.9. The molecule has 1 aromatic carbocycles. The van der Waals surface area contributed by atoms with Crippen LogP contribution in [0.3, 0.4) is 0 Å². The standard InChI is InChI=1S/C16H21F3N6O.HI/c1-11-23-24-14(25(11)3)9-22-15(20-2)21-8-12-4-6-13(7-5-12)26-10-16(17,18)19;/h4-7H,8-10H2,1-3H3,(H2,20,21,22);1H. The van der Waals surface area contributed by atoms with Gasteiger partial charge in [0.1, 0.15) is 11.6 Å². The summed E-state index contributed by atoms with van der Waals surface area (Å²) in [5.41, 5.74) is 0.877. The number of aromatic nitrogens is 3. The summed E-state index contributed by atoms with van der Waals surface area (Å²) in [5, 5.41) is 14.3. The quantitative estimate of drug-likeness (QED) is 0.364. The molecule has 0 spiro atoms. The molecule has 0 atom stereocenters. The monoisotopic (exact) mass is 498 g/mol. The first-order chi connectivity index (χ1) is 12.3. The van der Waals surface area contributed by atoms with Crippen LogP contribution in [0, 0.1) is 6.92 Å². The van der Waals surface area contributed by atoms with Crippen LogP contribution >= 0.6 is 24.0 Å². The molecule has 0 fully saturated rings. The highest BCUT2D eigenvalue weighted by molar-refractivity contribution is 14.0. The van der Waals surface area contributed by atoms with Crippen LogP contribution in [0.1, 0.15) is 17.2 Å². The maximum Gasteiger partial charge on any atom is 0.422 e. The molecular formula is C16H22F3IN6O. The van der Waals surface area contributed by atoms with Gasteiger partial charge in [0.15, 0.2) is 18.4 Å². The second-order valence-electron chi connectivity index (χ2n) is 5.55. The van der Waals surface area contributed by atoms with Gasteiger partial charge in [-0.15, -0.1) is 34.2 Å². The highest BCUT2D eigenvalue weighted by atomic mass is 127. The van der Waals surface area contributed by atoms with Gasteiger partial charge in [0, 0.05) is 20.6 Å². The van der Waals surface area contributed by atoms with Crippen molar-refractivity contribution in [2.75, 3.05) is 13.7 Å². The molecule has 0 saturated carbocycles. The van der Waals surface area contributed by atoms with Gasteiger partial charge >= 0.3 is 6.18 Å². The molecule has 0 unspecified atom stereocenters. The number of nitrogens with one attached hydrogen (secondary N) is 2. The van der Waals surface area contributed by atoms with Crippen LogP contribution in [-0.2, 0) is 20.1 Å². The fraction of sp³-hybridized carbons (Fsp3) is 0.438. The number of aryl methyl sites for hydroxylation is 1. The Morgan fingerprint density at radius 1 is 1.15 bits per heavy atom. The van der Waals surface area contributed by atoms with Crippen LogP contribution < -0.4 is 15.4 Å². The van der Waals surface area contributed by atoms with Gasteiger partial charge in [0.05, 0.1) is 6.54 Å². The molecule has 0 bridgehead atoms. The summed E-state index contributed by atoms with van der Waals surface area (Å²) in [7, 11) is 3.52. The lowest BCUT2D eigenvalue weighted by Crippen LogP contribution is -2.36. The smallest absolute Gasteiger partial charge is 0.422 e. The maximum atomic E-state index is 12.1. The zero-order chi connectivity index (χ0) is 19.2. The van der Waals surface area contributed by atoms with E-state index in [1.54, 1.807) is 19.2 Å². The van der Waals surface area contributed by atoms with E-state index < -0.39 is 12.8 Å². The lowest BCUT2D eigenvalue weighted by Gasteiger charge is -2.12. The SMILES string of the molecule is CN=C(NCc1ccc(OCC(F)(F)F)cc1)NCc1nnc(C)n1C.I. The number of nitrogens with zero attached hydrogens (tertiary/aromatic N) is 4. The maximum absolute atomic E-state index is 12.1. The lowest BCUT2D eigenvalue weighted by molar-refractivity contribution is -0.153. The van der Waals surface area contributed by atoms with Crippen molar-refractivity contribution >= 4 is 29.9 Å². The number of hydrogen-bond acceptors (Lipinski definition) is 4. The van der Waals surface area contributed by atoms with Gasteiger partial charge in [-0.3, -0.25) is 4.99 Å². The van der Waals surface area contributed by atoms with Crippen molar-refractivity contribution < 1.29 is 17.9 Å². The number of ether oxygens (including phenoxy) is 1. The Morgan fingerprint density at radius 3 is 2.30 bits per heavy atom. The predicted molar refractivity (Wildman–Crippen MR) is 106 cm³/mol. The normalized spacial score (nSPS) is 11.7. The highest BCUT2D eigenvalue weighted by Gasteiger charge is 2.28. The molecule has 0 amide bonds. The van der Waals surface area contributed by atoms with Crippen molar-refractivity contribution in [3.05, 3.63) is 41.5 Å². The van der Waals surface area contributed by atoms with Gasteiger partial charge < -0.3 is 19.9 Å². The van der Waals surface area contributed by atoms with E-state index in [-0.39, 0.29) is 29.7 Å². The van der Waals surface area contributed by atoms with Crippen molar-refractivity contribution in [3.8, 4) is 5.75 Å². The van der Waals surface area contributed by atoms with Gasteiger partial charge in [0.25, 0.3) is 0 Å². The van der Waals surface area contributed by atoms with E-state index >= 15 is 0 Å². The first kappa shape index (κ1) is 23.0. The van der Waals surface area contributed by atoms with E-state index in [9.17, 15) is 13.2 Å². The van der Waals surface area contributed by atoms with Gasteiger partial charge in [-0.1, -0.05) is 12.1 Å². The molecule has 11 heteroatoms. The molecule has 0 radical (unpaired) electrons. The Labute approximate surface area is 172 Å². The van der Waals surface area contributed by atoms with Crippen molar-refractivity contribution in [2.45, 2.75) is 26.2 Å². The molecule has 7 nitrogen and oxygen atoms in total. The summed E-state index contributed by atoms with van der Waals surface area (Å²) >= 11 is 0. The third-order valence-corrected chi connectivity index (χ3v) is 3.61. The second-order valence-corrected chi connectivity index (χ2v) is 5.55. The minimum absolute atomic E-state index is 0. The van der Waals surface area contributed by atoms with Crippen molar-refractivity contribution in [2.24, 2.45) is 12.0 Å². The van der Waals surface area contributed by atoms with E-state index in [4.69, 9.17) is 0 Å². The Hall–Kier alpha value is -2.05. The number of alkyl halides is 3. The lowest BCUT2D eigenvalue weighted by atomic mass is 10.2. The van der Waals surface area contributed by atoms with Crippen LogP contribution in [0.25, 0.3) is 0 Å². The topological polar surface area (TPSA) is 76.4 Å². The van der Waals surface area contributed by atoms with E-state index in [0.717, 1.165) is 17.2 Å². The molecule has 1 heterocycles. The summed E-state index contributed by atoms with van der Waals surface area (Å²) in [6, 6.07) is 6.39. The first-order valence-electron chi connectivity index (χ1n) is 7.86. The minimum Gasteiger partial charge on any atom is -0.484 e. The van der Waals surface area contributed by atoms with E-state index in [2.05, 4.69) is 30.6 Å². The number of rotatable bonds is 6. The minimum atomic E-state index is -4.35. The molecule has 2 N–H and O–H groups in total. The summed E-state index contributed by atoms with van der Waals surface area (Å²) in [4.78, 5) is 4.12. The number of guanidine groups is 1. The molecule has 0 aliphatic carbocycles. The van der Waals surface area contributed by atoms with E-state index in [0.29, 0.717) is 19.0 Å². The number of hydrogen-bond donors (Lipinski definition) is 2. The Balaban J connectivity index is 0.00000364. The van der Waals surface area contributed by atoms with Gasteiger partial charge in [0.2, 0.25) is 0 Å². The van der Waals surface area contributed by atoms with Gasteiger partial charge in [-0.05, 0) is 24.6 Å². The fourth-order valence-corrected chi connectivity index (χ4v) is 2.04. The molecule has 2 rings (SSSR count). The molecule has 0 aliphatic rings. The molecule has 0 saturated heterocycles. The molecule has 27 heavy (non-hydrogen) atoms. The van der Waals surface area contributed by atoms with Crippen molar-refractivity contribution in [3.63, 3.8) is 0 Å². The van der Waals surface area contributed by atoms with Crippen molar-refractivity contribution in [1.29, 1.82) is 0 Å². The second kappa shape index (κ2) is 10.3. The molecular weight excluding hydrogens is 476 g/mol. The Kier molecular flexibility index (Phi) is 8.79. The molecule has 150 valence electrons. The van der Waals surface area contributed by atoms with Gasteiger partial charge in [-0.2, -0.15) is 13.2 Å². The Bertz CT molecular complexity index is 746. The van der Waals surface area contributed by atoms with Crippen LogP contribution in [0.5, 0.6) is 5.75 Å². The van der Waals surface area contributed by atoms with Gasteiger partial charge in [-0.25, -0.2) is 0 Å². The summed E-state index contributed by atoms with van der Waals surface area (Å²) in [5.74, 6) is 2.34. The average Bonchev–Trinajstić information content (AvgIpc) is 2.92. The molecule has 2 aromatic rings. The first-order valence-corrected chi connectivity index (χ1v) is 7.86. The predicted octanol–water partition coefficient (Wildman–Crippen LogP) is 2.55. The number of halogens is 4. The molecule has 0 aliphatic heterocycles. The van der Waals surface area contributed by atoms with Crippen LogP contribution in [0.2, 0.25) is 0 Å². The van der Waals surface area contributed by atoms with Crippen LogP contribution in [0.15, 0.2) is 29.3 Å². The summed E-state index contributed by atoms with van der Waals surface area (Å²) in [6.45, 7) is 1.48. The third kappa shape index (κ3) is 7.61. The van der Waals surface area contributed by atoms with Crippen LogP contribution in [0.4, 0.5) is 13.2 Å². The zero-order valence-electron chi connectivity index (χ0n) is 15.2. The average molecular weight is 498 g/mol. The van der Waals surface area contributed by atoms with E-state index in [1.807, 2.05) is 18.5 Å². The van der Waals surface area contributed by atoms with E-state index in [1.165, 1.54) is 12.1 Å². The Morgan fingerprint density at radius 2 is 1.78 bits per heavy atom. The molecule has 1 aromatic heterocycles. The van der Waals surface area contributed by atoms with Crippen molar-refractivity contribution in [1.82, 2.24) is 25.4 Å². The third-order valence-electron chi connectivity index (χ3n) is 3.61. The van der Waals surface area contributed by atoms with Crippen LogP contribution in [-0.4, -0.2) is 40.6 Å². The fourth-order valence-electron chi connectivity index (χ4n) is 2.04. The largest absolute Gasteiger partial charge is 0.484 e. The number of aliphatic imine (C=N–C) groups is 1.